The van der Waals surface area contributed by atoms with Crippen LogP contribution >= 0.6 is 0 Å². The molecule has 0 bridgehead atoms. The number of likely N-dealkylation sites (tertiary alicyclic amines) is 1. The van der Waals surface area contributed by atoms with Crippen LogP contribution in [0.15, 0.2) is 36.5 Å². The summed E-state index contributed by atoms with van der Waals surface area (Å²) in [6, 6.07) is 12.2. The average molecular weight is 511 g/mol. The van der Waals surface area contributed by atoms with E-state index >= 15 is 0 Å². The molecular weight excluding hydrogens is 476 g/mol. The summed E-state index contributed by atoms with van der Waals surface area (Å²) in [4.78, 5) is 2.43. The third-order valence-corrected chi connectivity index (χ3v) is 7.46. The molecular formula is C30H34N6O2. The van der Waals surface area contributed by atoms with E-state index in [1.54, 1.807) is 6.20 Å². The molecule has 196 valence electrons. The second kappa shape index (κ2) is 10.8. The van der Waals surface area contributed by atoms with Crippen molar-refractivity contribution in [3.63, 3.8) is 0 Å². The molecule has 1 saturated heterocycles. The van der Waals surface area contributed by atoms with Gasteiger partial charge in [0.05, 0.1) is 23.0 Å². The van der Waals surface area contributed by atoms with Gasteiger partial charge in [-0.3, -0.25) is 5.10 Å². The van der Waals surface area contributed by atoms with Crippen molar-refractivity contribution >= 4 is 10.9 Å². The van der Waals surface area contributed by atoms with Gasteiger partial charge in [0.2, 0.25) is 0 Å². The Balaban J connectivity index is 1.43. The molecule has 1 aliphatic rings. The van der Waals surface area contributed by atoms with E-state index in [0.29, 0.717) is 11.3 Å². The van der Waals surface area contributed by atoms with Crippen LogP contribution < -0.4 is 9.47 Å². The van der Waals surface area contributed by atoms with E-state index < -0.39 is 0 Å². The number of nitrogens with zero attached hydrogens (tertiary/aromatic N) is 5. The molecule has 8 nitrogen and oxygen atoms in total. The van der Waals surface area contributed by atoms with Crippen LogP contribution in [0.2, 0.25) is 0 Å². The Bertz CT molecular complexity index is 1480. The van der Waals surface area contributed by atoms with Gasteiger partial charge in [0.1, 0.15) is 35.5 Å². The third-order valence-electron chi connectivity index (χ3n) is 7.46. The first-order valence-corrected chi connectivity index (χ1v) is 13.3. The zero-order chi connectivity index (χ0) is 26.8. The minimum Gasteiger partial charge on any atom is -0.489 e. The molecule has 38 heavy (non-hydrogen) atoms. The number of ether oxygens (including phenoxy) is 2. The SMILES string of the molecule is CCN1CCC(Oc2c(C)cc(-c3n[nH]c4ccc(O[C@H](C)c5c(C)cnnc5C)cc34)cc2C#N)CC1. The molecule has 8 heteroatoms. The smallest absolute Gasteiger partial charge is 0.140 e. The van der Waals surface area contributed by atoms with Crippen LogP contribution in [0.1, 0.15) is 60.7 Å². The quantitative estimate of drug-likeness (QED) is 0.334. The fourth-order valence-electron chi connectivity index (χ4n) is 5.44. The lowest BCUT2D eigenvalue weighted by atomic mass is 10.0. The van der Waals surface area contributed by atoms with Crippen LogP contribution in [0.25, 0.3) is 22.2 Å². The number of benzene rings is 2. The zero-order valence-corrected chi connectivity index (χ0v) is 22.7. The molecule has 1 atom stereocenters. The van der Waals surface area contributed by atoms with Crippen LogP contribution in [-0.2, 0) is 0 Å². The summed E-state index contributed by atoms with van der Waals surface area (Å²) in [6.45, 7) is 13.3. The van der Waals surface area contributed by atoms with Crippen molar-refractivity contribution in [2.24, 2.45) is 0 Å². The van der Waals surface area contributed by atoms with E-state index in [1.165, 1.54) is 0 Å². The highest BCUT2D eigenvalue weighted by Crippen LogP contribution is 2.36. The summed E-state index contributed by atoms with van der Waals surface area (Å²) in [5.74, 6) is 1.42. The second-order valence-electron chi connectivity index (χ2n) is 10.1. The van der Waals surface area contributed by atoms with Crippen LogP contribution in [0.3, 0.4) is 0 Å². The normalized spacial score (nSPS) is 15.4. The van der Waals surface area contributed by atoms with E-state index in [-0.39, 0.29) is 12.2 Å². The summed E-state index contributed by atoms with van der Waals surface area (Å²) in [5.41, 5.74) is 6.96. The molecule has 2 aromatic carbocycles. The number of nitrogens with one attached hydrogen (secondary N) is 1. The van der Waals surface area contributed by atoms with Gasteiger partial charge >= 0.3 is 0 Å². The Morgan fingerprint density at radius 1 is 1.13 bits per heavy atom. The molecule has 0 saturated carbocycles. The van der Waals surface area contributed by atoms with E-state index in [4.69, 9.17) is 9.47 Å². The van der Waals surface area contributed by atoms with Crippen LogP contribution in [0, 0.1) is 32.1 Å². The van der Waals surface area contributed by atoms with Gasteiger partial charge in [-0.05, 0) is 88.5 Å². The topological polar surface area (TPSA) is 99.9 Å². The number of rotatable bonds is 7. The van der Waals surface area contributed by atoms with Crippen molar-refractivity contribution in [3.05, 3.63) is 64.5 Å². The maximum atomic E-state index is 9.99. The van der Waals surface area contributed by atoms with Gasteiger partial charge in [-0.15, -0.1) is 0 Å². The lowest BCUT2D eigenvalue weighted by Crippen LogP contribution is -2.38. The van der Waals surface area contributed by atoms with E-state index in [9.17, 15) is 5.26 Å². The molecule has 4 aromatic rings. The van der Waals surface area contributed by atoms with Gasteiger partial charge in [-0.1, -0.05) is 6.92 Å². The first kappa shape index (κ1) is 25.7. The number of aromatic amines is 1. The number of fused-ring (bicyclic) bond motifs is 1. The van der Waals surface area contributed by atoms with E-state index in [1.807, 2.05) is 52.0 Å². The molecule has 5 rings (SSSR count). The largest absolute Gasteiger partial charge is 0.489 e. The summed E-state index contributed by atoms with van der Waals surface area (Å²) < 4.78 is 12.7. The van der Waals surface area contributed by atoms with Crippen LogP contribution in [-0.4, -0.2) is 51.0 Å². The van der Waals surface area contributed by atoms with Gasteiger partial charge in [0.25, 0.3) is 0 Å². The number of aryl methyl sites for hydroxylation is 3. The minimum absolute atomic E-state index is 0.130. The first-order chi connectivity index (χ1) is 18.4. The molecule has 0 aliphatic carbocycles. The van der Waals surface area contributed by atoms with Gasteiger partial charge < -0.3 is 14.4 Å². The predicted molar refractivity (Wildman–Crippen MR) is 147 cm³/mol. The lowest BCUT2D eigenvalue weighted by Gasteiger charge is -2.31. The van der Waals surface area contributed by atoms with Crippen molar-refractivity contribution in [1.29, 1.82) is 5.26 Å². The Morgan fingerprint density at radius 3 is 2.63 bits per heavy atom. The lowest BCUT2D eigenvalue weighted by molar-refractivity contribution is 0.103. The molecule has 1 aliphatic heterocycles. The van der Waals surface area contributed by atoms with Crippen molar-refractivity contribution in [3.8, 4) is 28.8 Å². The number of piperidine rings is 1. The third kappa shape index (κ3) is 5.07. The second-order valence-corrected chi connectivity index (χ2v) is 10.1. The van der Waals surface area contributed by atoms with Crippen molar-refractivity contribution in [1.82, 2.24) is 25.3 Å². The molecule has 0 spiro atoms. The van der Waals surface area contributed by atoms with Gasteiger partial charge in [-0.2, -0.15) is 20.6 Å². The maximum Gasteiger partial charge on any atom is 0.140 e. The van der Waals surface area contributed by atoms with E-state index in [2.05, 4.69) is 44.4 Å². The highest BCUT2D eigenvalue weighted by molar-refractivity contribution is 5.94. The number of aromatic nitrogens is 4. The van der Waals surface area contributed by atoms with Gasteiger partial charge in [0, 0.05) is 29.6 Å². The molecule has 3 heterocycles. The molecule has 0 unspecified atom stereocenters. The Labute approximate surface area is 223 Å². The zero-order valence-electron chi connectivity index (χ0n) is 22.7. The van der Waals surface area contributed by atoms with Crippen molar-refractivity contribution in [2.45, 2.75) is 59.7 Å². The monoisotopic (exact) mass is 510 g/mol. The number of H-pyrrole nitrogens is 1. The Hall–Kier alpha value is -3.96. The number of hydrogen-bond acceptors (Lipinski definition) is 7. The molecule has 2 aromatic heterocycles. The van der Waals surface area contributed by atoms with Gasteiger partial charge in [-0.25, -0.2) is 0 Å². The number of hydrogen-bond donors (Lipinski definition) is 1. The number of nitriles is 1. The standard InChI is InChI=1S/C30H34N6O2/c1-6-36-11-9-24(10-12-36)38-30-18(2)13-22(14-23(30)16-31)29-26-15-25(7-8-27(26)34-35-29)37-21(5)28-19(3)17-32-33-20(28)4/h7-8,13-15,17,21,24H,6,9-12H2,1-5H3,(H,34,35)/t21-/m1/s1. The Kier molecular flexibility index (Phi) is 7.30. The highest BCUT2D eigenvalue weighted by atomic mass is 16.5. The molecule has 1 fully saturated rings. The molecule has 1 N–H and O–H groups in total. The van der Waals surface area contributed by atoms with E-state index in [0.717, 1.165) is 82.8 Å². The maximum absolute atomic E-state index is 9.99. The fourth-order valence-corrected chi connectivity index (χ4v) is 5.44. The van der Waals surface area contributed by atoms with Crippen molar-refractivity contribution in [2.75, 3.05) is 19.6 Å². The minimum atomic E-state index is -0.189. The summed E-state index contributed by atoms with van der Waals surface area (Å²) in [7, 11) is 0. The van der Waals surface area contributed by atoms with Gasteiger partial charge in [0.15, 0.2) is 0 Å². The predicted octanol–water partition coefficient (Wildman–Crippen LogP) is 5.82. The van der Waals surface area contributed by atoms with Crippen LogP contribution in [0.5, 0.6) is 11.5 Å². The molecule has 0 amide bonds. The summed E-state index contributed by atoms with van der Waals surface area (Å²) in [6.07, 6.45) is 3.65. The highest BCUT2D eigenvalue weighted by Gasteiger charge is 2.23. The fraction of sp³-hybridized carbons (Fsp3) is 0.400. The summed E-state index contributed by atoms with van der Waals surface area (Å²) >= 11 is 0. The van der Waals surface area contributed by atoms with Crippen molar-refractivity contribution < 1.29 is 9.47 Å². The average Bonchev–Trinajstić information content (AvgIpc) is 3.33. The van der Waals surface area contributed by atoms with Crippen LogP contribution in [0.4, 0.5) is 0 Å². The molecule has 0 radical (unpaired) electrons. The first-order valence-electron chi connectivity index (χ1n) is 13.3. The Morgan fingerprint density at radius 2 is 1.92 bits per heavy atom. The summed E-state index contributed by atoms with van der Waals surface area (Å²) in [5, 5.41) is 26.9.